The highest BCUT2D eigenvalue weighted by Crippen LogP contribution is 2.36. The van der Waals surface area contributed by atoms with Crippen molar-refractivity contribution in [2.45, 2.75) is 89.6 Å². The zero-order valence-corrected chi connectivity index (χ0v) is 16.0. The first kappa shape index (κ1) is 21.1. The van der Waals surface area contributed by atoms with E-state index in [9.17, 15) is 13.2 Å². The third-order valence-electron chi connectivity index (χ3n) is 5.55. The van der Waals surface area contributed by atoms with Gasteiger partial charge >= 0.3 is 6.18 Å². The summed E-state index contributed by atoms with van der Waals surface area (Å²) >= 11 is 0. The number of aryl methyl sites for hydroxylation is 1. The van der Waals surface area contributed by atoms with Gasteiger partial charge in [0.15, 0.2) is 0 Å². The second kappa shape index (κ2) is 10.8. The van der Waals surface area contributed by atoms with Gasteiger partial charge in [0.1, 0.15) is 0 Å². The fourth-order valence-electron chi connectivity index (χ4n) is 3.93. The van der Waals surface area contributed by atoms with Gasteiger partial charge in [-0.15, -0.1) is 0 Å². The minimum absolute atomic E-state index is 0.316. The van der Waals surface area contributed by atoms with E-state index in [-0.39, 0.29) is 0 Å². The predicted octanol–water partition coefficient (Wildman–Crippen LogP) is 7.98. The zero-order valence-electron chi connectivity index (χ0n) is 16.0. The van der Waals surface area contributed by atoms with E-state index in [2.05, 4.69) is 31.2 Å². The number of alkyl halides is 3. The molecule has 0 radical (unpaired) electrons. The molecule has 1 aliphatic carbocycles. The maximum atomic E-state index is 12.2. The van der Waals surface area contributed by atoms with Crippen LogP contribution in [0.2, 0.25) is 0 Å². The van der Waals surface area contributed by atoms with Gasteiger partial charge in [0.2, 0.25) is 0 Å². The van der Waals surface area contributed by atoms with Gasteiger partial charge in [0.05, 0.1) is 6.42 Å². The average molecular weight is 367 g/mol. The molecule has 1 aliphatic rings. The molecule has 26 heavy (non-hydrogen) atoms. The largest absolute Gasteiger partial charge is 0.392 e. The van der Waals surface area contributed by atoms with Gasteiger partial charge in [-0.25, -0.2) is 0 Å². The van der Waals surface area contributed by atoms with Crippen LogP contribution in [-0.2, 0) is 6.42 Å². The summed E-state index contributed by atoms with van der Waals surface area (Å²) in [4.78, 5) is 0. The summed E-state index contributed by atoms with van der Waals surface area (Å²) in [6, 6.07) is 9.08. The zero-order chi connectivity index (χ0) is 18.8. The quantitative estimate of drug-likeness (QED) is 0.307. The molecule has 0 spiro atoms. The topological polar surface area (TPSA) is 0 Å². The molecule has 1 aromatic rings. The lowest BCUT2D eigenvalue weighted by molar-refractivity contribution is -0.125. The second-order valence-corrected chi connectivity index (χ2v) is 7.76. The van der Waals surface area contributed by atoms with Crippen LogP contribution < -0.4 is 0 Å². The van der Waals surface area contributed by atoms with Gasteiger partial charge < -0.3 is 0 Å². The summed E-state index contributed by atoms with van der Waals surface area (Å²) in [5.41, 5.74) is 2.83. The van der Waals surface area contributed by atoms with Gasteiger partial charge in [0.25, 0.3) is 0 Å². The first-order chi connectivity index (χ1) is 12.5. The number of hydrogen-bond acceptors (Lipinski definition) is 0. The van der Waals surface area contributed by atoms with Crippen LogP contribution in [0.5, 0.6) is 0 Å². The Morgan fingerprint density at radius 3 is 2.19 bits per heavy atom. The van der Waals surface area contributed by atoms with Crippen LogP contribution in [0.25, 0.3) is 0 Å². The van der Waals surface area contributed by atoms with Crippen molar-refractivity contribution >= 4 is 0 Å². The molecule has 0 unspecified atom stereocenters. The van der Waals surface area contributed by atoms with E-state index in [0.29, 0.717) is 11.8 Å². The SMILES string of the molecule is CCCCCCCc1ccc([C@H]2CC[C@H](/C=C/CC(F)(F)F)CC2)cc1. The van der Waals surface area contributed by atoms with Crippen LogP contribution in [0.4, 0.5) is 13.2 Å². The monoisotopic (exact) mass is 366 g/mol. The van der Waals surface area contributed by atoms with Crippen LogP contribution in [0.15, 0.2) is 36.4 Å². The summed E-state index contributed by atoms with van der Waals surface area (Å²) in [7, 11) is 0. The van der Waals surface area contributed by atoms with E-state index in [4.69, 9.17) is 0 Å². The first-order valence-corrected chi connectivity index (χ1v) is 10.3. The van der Waals surface area contributed by atoms with Crippen molar-refractivity contribution in [2.24, 2.45) is 5.92 Å². The molecule has 3 heteroatoms. The Balaban J connectivity index is 1.72. The van der Waals surface area contributed by atoms with Crippen molar-refractivity contribution in [2.75, 3.05) is 0 Å². The molecule has 0 N–H and O–H groups in total. The van der Waals surface area contributed by atoms with Crippen molar-refractivity contribution in [1.82, 2.24) is 0 Å². The lowest BCUT2D eigenvalue weighted by Gasteiger charge is -2.27. The van der Waals surface area contributed by atoms with Gasteiger partial charge in [0, 0.05) is 0 Å². The number of halogens is 3. The molecule has 146 valence electrons. The number of allylic oxidation sites excluding steroid dienone is 2. The van der Waals surface area contributed by atoms with Gasteiger partial charge in [-0.3, -0.25) is 0 Å². The van der Waals surface area contributed by atoms with Crippen LogP contribution in [-0.4, -0.2) is 6.18 Å². The molecule has 0 bridgehead atoms. The first-order valence-electron chi connectivity index (χ1n) is 10.3. The van der Waals surface area contributed by atoms with E-state index >= 15 is 0 Å². The van der Waals surface area contributed by atoms with Crippen molar-refractivity contribution in [3.8, 4) is 0 Å². The van der Waals surface area contributed by atoms with E-state index in [1.54, 1.807) is 6.08 Å². The molecule has 1 saturated carbocycles. The summed E-state index contributed by atoms with van der Waals surface area (Å²) in [6.45, 7) is 2.24. The molecular formula is C23H33F3. The summed E-state index contributed by atoms with van der Waals surface area (Å²) in [5.74, 6) is 0.886. The van der Waals surface area contributed by atoms with Gasteiger partial charge in [-0.2, -0.15) is 13.2 Å². The lowest BCUT2D eigenvalue weighted by atomic mass is 9.78. The summed E-state index contributed by atoms with van der Waals surface area (Å²) < 4.78 is 36.6. The molecule has 1 fully saturated rings. The standard InChI is InChI=1S/C23H33F3/c1-2-3-4-5-6-8-19-10-14-21(15-11-19)22-16-12-20(13-17-22)9-7-18-23(24,25)26/h7,9-11,14-15,20,22H,2-6,8,12-13,16-18H2,1H3/b9-7+/t20-,22-. The fraction of sp³-hybridized carbons (Fsp3) is 0.652. The minimum Gasteiger partial charge on any atom is -0.171 e. The van der Waals surface area contributed by atoms with Crippen LogP contribution in [0, 0.1) is 5.92 Å². The van der Waals surface area contributed by atoms with Crippen LogP contribution in [0.3, 0.4) is 0 Å². The Hall–Kier alpha value is -1.25. The van der Waals surface area contributed by atoms with Crippen molar-refractivity contribution in [3.63, 3.8) is 0 Å². The van der Waals surface area contributed by atoms with E-state index in [0.717, 1.165) is 25.7 Å². The van der Waals surface area contributed by atoms with Gasteiger partial charge in [-0.1, -0.05) is 69.0 Å². The van der Waals surface area contributed by atoms with Crippen molar-refractivity contribution < 1.29 is 13.2 Å². The molecule has 2 rings (SSSR count). The van der Waals surface area contributed by atoms with Crippen LogP contribution in [0.1, 0.15) is 88.2 Å². The molecule has 0 heterocycles. The average Bonchev–Trinajstić information content (AvgIpc) is 2.62. The Morgan fingerprint density at radius 2 is 1.58 bits per heavy atom. The third kappa shape index (κ3) is 7.97. The molecule has 0 amide bonds. The van der Waals surface area contributed by atoms with Crippen LogP contribution >= 0.6 is 0 Å². The number of hydrogen-bond donors (Lipinski definition) is 0. The van der Waals surface area contributed by atoms with E-state index in [1.165, 1.54) is 55.7 Å². The lowest BCUT2D eigenvalue weighted by Crippen LogP contribution is -2.12. The fourth-order valence-corrected chi connectivity index (χ4v) is 3.93. The number of unbranched alkanes of at least 4 members (excludes halogenated alkanes) is 4. The molecule has 0 atom stereocenters. The number of benzene rings is 1. The molecule has 0 saturated heterocycles. The summed E-state index contributed by atoms with van der Waals surface area (Å²) in [5, 5.41) is 0. The molecule has 0 aromatic heterocycles. The minimum atomic E-state index is -4.08. The Bertz CT molecular complexity index is 519. The Labute approximate surface area is 156 Å². The highest BCUT2D eigenvalue weighted by Gasteiger charge is 2.25. The van der Waals surface area contributed by atoms with Crippen molar-refractivity contribution in [1.29, 1.82) is 0 Å². The van der Waals surface area contributed by atoms with Gasteiger partial charge in [-0.05, 0) is 61.5 Å². The Kier molecular flexibility index (Phi) is 8.74. The molecule has 0 aliphatic heterocycles. The van der Waals surface area contributed by atoms with E-state index < -0.39 is 12.6 Å². The Morgan fingerprint density at radius 1 is 0.923 bits per heavy atom. The smallest absolute Gasteiger partial charge is 0.171 e. The summed E-state index contributed by atoms with van der Waals surface area (Å²) in [6.07, 6.45) is 10.1. The molecule has 0 nitrogen and oxygen atoms in total. The second-order valence-electron chi connectivity index (χ2n) is 7.76. The molecular weight excluding hydrogens is 333 g/mol. The molecule has 1 aromatic carbocycles. The predicted molar refractivity (Wildman–Crippen MR) is 103 cm³/mol. The maximum absolute atomic E-state index is 12.2. The number of rotatable bonds is 9. The highest BCUT2D eigenvalue weighted by molar-refractivity contribution is 5.26. The van der Waals surface area contributed by atoms with E-state index in [1.807, 2.05) is 0 Å². The highest BCUT2D eigenvalue weighted by atomic mass is 19.4. The third-order valence-corrected chi connectivity index (χ3v) is 5.55. The normalized spacial score (nSPS) is 21.4. The maximum Gasteiger partial charge on any atom is 0.392 e. The van der Waals surface area contributed by atoms with Crippen molar-refractivity contribution in [3.05, 3.63) is 47.5 Å².